The number of sulfone groups is 1. The highest BCUT2D eigenvalue weighted by molar-refractivity contribution is 7.90. The van der Waals surface area contributed by atoms with Gasteiger partial charge in [0.05, 0.1) is 22.5 Å². The number of fused-ring (bicyclic) bond motifs is 2. The number of ether oxygens (including phenoxy) is 1. The number of nitrogens with one attached hydrogen (secondary N) is 3. The highest BCUT2D eigenvalue weighted by Gasteiger charge is 2.35. The Bertz CT molecular complexity index is 1930. The van der Waals surface area contributed by atoms with Crippen LogP contribution in [0.4, 0.5) is 5.69 Å². The van der Waals surface area contributed by atoms with Crippen molar-refractivity contribution in [3.8, 4) is 17.1 Å². The Kier molecular flexibility index (Phi) is 8.90. The number of aliphatic hydroxyl groups is 1. The van der Waals surface area contributed by atoms with Gasteiger partial charge in [0.15, 0.2) is 0 Å². The number of H-pyrrole nitrogens is 2. The maximum Gasteiger partial charge on any atom is 0.261 e. The Labute approximate surface area is 267 Å². The van der Waals surface area contributed by atoms with Crippen LogP contribution in [0, 0.1) is 13.8 Å². The minimum Gasteiger partial charge on any atom is -0.491 e. The molecular formula is C33H40N6O6S. The molecule has 0 radical (unpaired) electrons. The number of hydrogen-bond donors (Lipinski definition) is 4. The number of aryl methyl sites for hydroxylation is 2. The summed E-state index contributed by atoms with van der Waals surface area (Å²) >= 11 is 0. The van der Waals surface area contributed by atoms with Crippen molar-refractivity contribution in [2.45, 2.75) is 45.4 Å². The molecule has 4 aromatic rings. The normalized spacial score (nSPS) is 16.6. The van der Waals surface area contributed by atoms with Gasteiger partial charge in [0.25, 0.3) is 11.5 Å². The molecule has 2 aromatic heterocycles. The Balaban J connectivity index is 1.12. The van der Waals surface area contributed by atoms with E-state index in [1.165, 1.54) is 12.5 Å². The molecule has 4 heterocycles. The second-order valence-corrected chi connectivity index (χ2v) is 14.7. The molecule has 0 saturated carbocycles. The first kappa shape index (κ1) is 31.8. The zero-order chi connectivity index (χ0) is 32.6. The molecule has 1 amide bonds. The van der Waals surface area contributed by atoms with Crippen molar-refractivity contribution < 1.29 is 23.1 Å². The standard InChI is InChI=1S/C33H40N6O6S/c1-20-4-5-29(21(2)14-20)45-19-24(40)17-35-26-6-9-34-32(41)30(26)31-36-27-15-22-18-39(33(42)25(22)16-28(27)37-31)23-7-10-38(11-8-23)12-13-46(3,43)44/h4-6,9,14-16,23-24,40H,7-8,10-13,17-19H2,1-3H3,(H,36,37)(H2,34,35,41). The van der Waals surface area contributed by atoms with E-state index in [2.05, 4.69) is 20.2 Å². The maximum absolute atomic E-state index is 13.5. The zero-order valence-corrected chi connectivity index (χ0v) is 27.1. The number of aromatic amines is 2. The van der Waals surface area contributed by atoms with Gasteiger partial charge >= 0.3 is 0 Å². The lowest BCUT2D eigenvalue weighted by molar-refractivity contribution is 0.0603. The summed E-state index contributed by atoms with van der Waals surface area (Å²) in [6.45, 7) is 6.71. The average molecular weight is 649 g/mol. The first-order chi connectivity index (χ1) is 21.9. The number of anilines is 1. The number of carbonyl (C=O) groups is 1. The van der Waals surface area contributed by atoms with Crippen LogP contribution in [0.2, 0.25) is 0 Å². The van der Waals surface area contributed by atoms with E-state index >= 15 is 0 Å². The van der Waals surface area contributed by atoms with Gasteiger partial charge in [-0.15, -0.1) is 0 Å². The van der Waals surface area contributed by atoms with Gasteiger partial charge in [0, 0.05) is 56.8 Å². The number of amides is 1. The molecule has 2 aromatic carbocycles. The Morgan fingerprint density at radius 1 is 1.13 bits per heavy atom. The predicted molar refractivity (Wildman–Crippen MR) is 177 cm³/mol. The number of benzene rings is 2. The van der Waals surface area contributed by atoms with Crippen molar-refractivity contribution in [1.82, 2.24) is 24.8 Å². The van der Waals surface area contributed by atoms with E-state index in [0.717, 1.165) is 42.6 Å². The number of aliphatic hydroxyl groups excluding tert-OH is 1. The third kappa shape index (κ3) is 6.96. The molecule has 0 aliphatic carbocycles. The van der Waals surface area contributed by atoms with Gasteiger partial charge in [-0.1, -0.05) is 17.7 Å². The van der Waals surface area contributed by atoms with Crippen LogP contribution in [-0.4, -0.2) is 101 Å². The van der Waals surface area contributed by atoms with Gasteiger partial charge in [-0.2, -0.15) is 0 Å². The van der Waals surface area contributed by atoms with Crippen LogP contribution in [0.1, 0.15) is 39.9 Å². The number of rotatable bonds is 11. The molecule has 0 bridgehead atoms. The van der Waals surface area contributed by atoms with Gasteiger partial charge in [0.2, 0.25) is 0 Å². The summed E-state index contributed by atoms with van der Waals surface area (Å²) in [5.74, 6) is 1.18. The molecule has 1 fully saturated rings. The Morgan fingerprint density at radius 3 is 2.65 bits per heavy atom. The Morgan fingerprint density at radius 2 is 1.91 bits per heavy atom. The lowest BCUT2D eigenvalue weighted by Gasteiger charge is -2.36. The van der Waals surface area contributed by atoms with Crippen molar-refractivity contribution in [2.75, 3.05) is 50.1 Å². The summed E-state index contributed by atoms with van der Waals surface area (Å²) in [6, 6.07) is 11.4. The van der Waals surface area contributed by atoms with E-state index < -0.39 is 15.9 Å². The summed E-state index contributed by atoms with van der Waals surface area (Å²) in [6.07, 6.45) is 3.54. The van der Waals surface area contributed by atoms with E-state index in [1.54, 1.807) is 6.07 Å². The van der Waals surface area contributed by atoms with E-state index in [9.17, 15) is 23.1 Å². The lowest BCUT2D eigenvalue weighted by atomic mass is 10.0. The third-order valence-electron chi connectivity index (χ3n) is 8.80. The van der Waals surface area contributed by atoms with Crippen LogP contribution in [0.3, 0.4) is 0 Å². The Hall–Kier alpha value is -4.20. The molecule has 2 aliphatic rings. The fourth-order valence-electron chi connectivity index (χ4n) is 6.30. The molecule has 1 atom stereocenters. The fraction of sp³-hybridized carbons (Fsp3) is 0.424. The molecule has 13 heteroatoms. The van der Waals surface area contributed by atoms with Crippen LogP contribution in [0.5, 0.6) is 5.75 Å². The monoisotopic (exact) mass is 648 g/mol. The fourth-order valence-corrected chi connectivity index (χ4v) is 6.89. The first-order valence-corrected chi connectivity index (χ1v) is 17.6. The second-order valence-electron chi connectivity index (χ2n) is 12.5. The second kappa shape index (κ2) is 12.9. The molecule has 12 nitrogen and oxygen atoms in total. The topological polar surface area (TPSA) is 161 Å². The van der Waals surface area contributed by atoms with Crippen molar-refractivity contribution in [3.63, 3.8) is 0 Å². The molecule has 1 unspecified atom stereocenters. The van der Waals surface area contributed by atoms with Crippen LogP contribution in [0.25, 0.3) is 22.4 Å². The van der Waals surface area contributed by atoms with E-state index in [1.807, 2.05) is 49.1 Å². The van der Waals surface area contributed by atoms with Gasteiger partial charge < -0.3 is 34.9 Å². The van der Waals surface area contributed by atoms with Crippen LogP contribution < -0.4 is 15.6 Å². The van der Waals surface area contributed by atoms with E-state index in [0.29, 0.717) is 52.5 Å². The molecule has 1 saturated heterocycles. The van der Waals surface area contributed by atoms with E-state index in [-0.39, 0.29) is 36.4 Å². The quantitative estimate of drug-likeness (QED) is 0.192. The van der Waals surface area contributed by atoms with Gasteiger partial charge in [0.1, 0.15) is 39.7 Å². The molecular weight excluding hydrogens is 608 g/mol. The zero-order valence-electron chi connectivity index (χ0n) is 26.3. The van der Waals surface area contributed by atoms with Gasteiger partial charge in [-0.05, 0) is 62.1 Å². The van der Waals surface area contributed by atoms with Crippen molar-refractivity contribution >= 4 is 32.5 Å². The minimum atomic E-state index is -3.01. The number of imidazole rings is 1. The molecule has 46 heavy (non-hydrogen) atoms. The predicted octanol–water partition coefficient (Wildman–Crippen LogP) is 2.85. The number of nitrogens with zero attached hydrogens (tertiary/aromatic N) is 3. The summed E-state index contributed by atoms with van der Waals surface area (Å²) in [4.78, 5) is 41.2. The molecule has 244 valence electrons. The number of carbonyl (C=O) groups excluding carboxylic acids is 1. The molecule has 6 rings (SSSR count). The highest BCUT2D eigenvalue weighted by Crippen LogP contribution is 2.33. The summed E-state index contributed by atoms with van der Waals surface area (Å²) < 4.78 is 28.9. The summed E-state index contributed by atoms with van der Waals surface area (Å²) in [5.41, 5.74) is 5.40. The van der Waals surface area contributed by atoms with Crippen molar-refractivity contribution in [3.05, 3.63) is 75.2 Å². The van der Waals surface area contributed by atoms with E-state index in [4.69, 9.17) is 9.72 Å². The number of likely N-dealkylation sites (tertiary alicyclic amines) is 1. The molecule has 2 aliphatic heterocycles. The number of hydrogen-bond acceptors (Lipinski definition) is 9. The van der Waals surface area contributed by atoms with Crippen molar-refractivity contribution in [1.29, 1.82) is 0 Å². The number of piperidine rings is 1. The highest BCUT2D eigenvalue weighted by atomic mass is 32.2. The summed E-state index contributed by atoms with van der Waals surface area (Å²) in [7, 11) is -3.01. The first-order valence-electron chi connectivity index (χ1n) is 15.5. The minimum absolute atomic E-state index is 0.0282. The largest absolute Gasteiger partial charge is 0.491 e. The smallest absolute Gasteiger partial charge is 0.261 e. The molecule has 4 N–H and O–H groups in total. The SMILES string of the molecule is Cc1ccc(OCC(O)CNc2cc[nH]c(=O)c2-c2nc3cc4c(cc3[nH]2)C(=O)N(C2CCN(CCS(C)(=O)=O)CC2)C4)c(C)c1. The maximum atomic E-state index is 13.5. The number of aromatic nitrogens is 3. The lowest BCUT2D eigenvalue weighted by Crippen LogP contribution is -2.45. The molecule has 0 spiro atoms. The third-order valence-corrected chi connectivity index (χ3v) is 9.73. The van der Waals surface area contributed by atoms with Crippen LogP contribution >= 0.6 is 0 Å². The van der Waals surface area contributed by atoms with Gasteiger partial charge in [-0.25, -0.2) is 13.4 Å². The van der Waals surface area contributed by atoms with Crippen molar-refractivity contribution in [2.24, 2.45) is 0 Å². The average Bonchev–Trinajstić information content (AvgIpc) is 3.57. The van der Waals surface area contributed by atoms with Crippen LogP contribution in [0.15, 0.2) is 47.4 Å². The summed E-state index contributed by atoms with van der Waals surface area (Å²) in [5, 5.41) is 13.8. The van der Waals surface area contributed by atoms with Crippen LogP contribution in [-0.2, 0) is 16.4 Å². The number of pyridine rings is 1. The van der Waals surface area contributed by atoms with Gasteiger partial charge in [-0.3, -0.25) is 9.59 Å².